The summed E-state index contributed by atoms with van der Waals surface area (Å²) >= 11 is 0. The van der Waals surface area contributed by atoms with Gasteiger partial charge in [0, 0.05) is 6.61 Å². The van der Waals surface area contributed by atoms with Gasteiger partial charge in [0.05, 0.1) is 19.0 Å². The van der Waals surface area contributed by atoms with Crippen molar-refractivity contribution in [2.24, 2.45) is 0 Å². The van der Waals surface area contributed by atoms with E-state index < -0.39 is 31.3 Å². The Morgan fingerprint density at radius 2 is 1.80 bits per heavy atom. The fraction of sp³-hybridized carbons (Fsp3) is 1.00. The van der Waals surface area contributed by atoms with Crippen molar-refractivity contribution in [1.82, 2.24) is 4.13 Å². The van der Waals surface area contributed by atoms with Gasteiger partial charge in [0.25, 0.3) is 0 Å². The quantitative estimate of drug-likeness (QED) is 0.466. The SMILES string of the molecule is O=S(=O)(CCCCOCC1CO1)NS(=O)(=O)C(F)(F)F. The fourth-order valence-corrected chi connectivity index (χ4v) is 3.76. The summed E-state index contributed by atoms with van der Waals surface area (Å²) < 4.78 is 90.2. The highest BCUT2D eigenvalue weighted by molar-refractivity contribution is 8.05. The van der Waals surface area contributed by atoms with Gasteiger partial charge in [0.15, 0.2) is 0 Å². The van der Waals surface area contributed by atoms with Crippen molar-refractivity contribution >= 4 is 20.0 Å². The Bertz CT molecular complexity index is 511. The second kappa shape index (κ2) is 6.56. The van der Waals surface area contributed by atoms with Gasteiger partial charge < -0.3 is 9.47 Å². The van der Waals surface area contributed by atoms with Crippen LogP contribution in [0.1, 0.15) is 12.8 Å². The molecule has 1 saturated heterocycles. The molecule has 7 nitrogen and oxygen atoms in total. The number of alkyl halides is 3. The van der Waals surface area contributed by atoms with Crippen LogP contribution in [-0.2, 0) is 29.5 Å². The molecule has 1 aliphatic rings. The molecule has 0 aromatic carbocycles. The largest absolute Gasteiger partial charge is 0.512 e. The number of hydrogen-bond acceptors (Lipinski definition) is 6. The maximum atomic E-state index is 12.0. The van der Waals surface area contributed by atoms with Crippen LogP contribution >= 0.6 is 0 Å². The van der Waals surface area contributed by atoms with Gasteiger partial charge in [0.2, 0.25) is 10.0 Å². The predicted octanol–water partition coefficient (Wildman–Crippen LogP) is -0.0490. The van der Waals surface area contributed by atoms with Crippen LogP contribution in [-0.4, -0.2) is 54.0 Å². The molecule has 20 heavy (non-hydrogen) atoms. The lowest BCUT2D eigenvalue weighted by Crippen LogP contribution is -2.41. The average Bonchev–Trinajstić information content (AvgIpc) is 3.03. The molecule has 0 aliphatic carbocycles. The van der Waals surface area contributed by atoms with E-state index in [1.165, 1.54) is 0 Å². The highest BCUT2D eigenvalue weighted by Gasteiger charge is 2.48. The summed E-state index contributed by atoms with van der Waals surface area (Å²) in [7, 11) is -10.4. The van der Waals surface area contributed by atoms with E-state index in [0.29, 0.717) is 17.3 Å². The molecule has 0 aromatic heterocycles. The zero-order valence-electron chi connectivity index (χ0n) is 10.2. The van der Waals surface area contributed by atoms with E-state index in [4.69, 9.17) is 9.47 Å². The first-order chi connectivity index (χ1) is 9.04. The first kappa shape index (κ1) is 17.6. The van der Waals surface area contributed by atoms with Crippen molar-refractivity contribution in [3.05, 3.63) is 0 Å². The van der Waals surface area contributed by atoms with E-state index in [1.807, 2.05) is 0 Å². The standard InChI is InChI=1S/C8H14F3NO6S2/c9-8(10,11)20(15,16)12-19(13,14)4-2-1-3-17-5-7-6-18-7/h7,12H,1-6H2. The van der Waals surface area contributed by atoms with Crippen molar-refractivity contribution in [2.45, 2.75) is 24.5 Å². The summed E-state index contributed by atoms with van der Waals surface area (Å²) in [6.07, 6.45) is 0.325. The molecule has 120 valence electrons. The molecule has 0 spiro atoms. The van der Waals surface area contributed by atoms with Crippen molar-refractivity contribution in [3.63, 3.8) is 0 Å². The van der Waals surface area contributed by atoms with Crippen LogP contribution in [0, 0.1) is 0 Å². The first-order valence-electron chi connectivity index (χ1n) is 5.55. The first-order valence-corrected chi connectivity index (χ1v) is 8.69. The predicted molar refractivity (Wildman–Crippen MR) is 61.7 cm³/mol. The van der Waals surface area contributed by atoms with Gasteiger partial charge in [-0.2, -0.15) is 13.2 Å². The van der Waals surface area contributed by atoms with Gasteiger partial charge in [-0.05, 0) is 12.8 Å². The molecule has 12 heteroatoms. The van der Waals surface area contributed by atoms with E-state index >= 15 is 0 Å². The monoisotopic (exact) mass is 341 g/mol. The normalized spacial score (nSPS) is 20.1. The van der Waals surface area contributed by atoms with Gasteiger partial charge in [-0.1, -0.05) is 0 Å². The van der Waals surface area contributed by atoms with Crippen LogP contribution in [0.25, 0.3) is 0 Å². The second-order valence-corrected chi connectivity index (χ2v) is 7.86. The number of halogens is 3. The molecule has 1 fully saturated rings. The van der Waals surface area contributed by atoms with Gasteiger partial charge >= 0.3 is 15.5 Å². The van der Waals surface area contributed by atoms with Crippen molar-refractivity contribution in [2.75, 3.05) is 25.6 Å². The maximum Gasteiger partial charge on any atom is 0.512 e. The summed E-state index contributed by atoms with van der Waals surface area (Å²) in [5.74, 6) is -0.731. The zero-order chi connectivity index (χ0) is 15.4. The van der Waals surface area contributed by atoms with Crippen LogP contribution in [0.3, 0.4) is 0 Å². The number of epoxide rings is 1. The summed E-state index contributed by atoms with van der Waals surface area (Å²) in [6, 6.07) is 0. The topological polar surface area (TPSA) is 102 Å². The third-order valence-electron chi connectivity index (χ3n) is 2.20. The van der Waals surface area contributed by atoms with E-state index in [1.54, 1.807) is 0 Å². The lowest BCUT2D eigenvalue weighted by Gasteiger charge is -2.10. The minimum atomic E-state index is -5.89. The summed E-state index contributed by atoms with van der Waals surface area (Å²) in [5.41, 5.74) is -5.66. The van der Waals surface area contributed by atoms with Crippen molar-refractivity contribution in [1.29, 1.82) is 0 Å². The van der Waals surface area contributed by atoms with Crippen LogP contribution in [0.4, 0.5) is 13.2 Å². The van der Waals surface area contributed by atoms with Crippen LogP contribution < -0.4 is 4.13 Å². The highest BCUT2D eigenvalue weighted by atomic mass is 32.3. The minimum Gasteiger partial charge on any atom is -0.379 e. The third kappa shape index (κ3) is 6.35. The zero-order valence-corrected chi connectivity index (χ0v) is 11.9. The molecule has 0 radical (unpaired) electrons. The van der Waals surface area contributed by atoms with Gasteiger partial charge in [-0.15, -0.1) is 4.13 Å². The van der Waals surface area contributed by atoms with Gasteiger partial charge in [-0.3, -0.25) is 0 Å². The van der Waals surface area contributed by atoms with E-state index in [-0.39, 0.29) is 25.6 Å². The number of hydrogen-bond donors (Lipinski definition) is 1. The molecule has 0 saturated carbocycles. The molecule has 1 heterocycles. The Balaban J connectivity index is 2.26. The van der Waals surface area contributed by atoms with E-state index in [2.05, 4.69) is 0 Å². The number of nitrogens with one attached hydrogen (secondary N) is 1. The average molecular weight is 341 g/mol. The fourth-order valence-electron chi connectivity index (χ4n) is 1.13. The highest BCUT2D eigenvalue weighted by Crippen LogP contribution is 2.22. The molecule has 1 atom stereocenters. The van der Waals surface area contributed by atoms with Crippen LogP contribution in [0.2, 0.25) is 0 Å². The van der Waals surface area contributed by atoms with Crippen LogP contribution in [0.5, 0.6) is 0 Å². The smallest absolute Gasteiger partial charge is 0.379 e. The molecule has 0 bridgehead atoms. The Hall–Kier alpha value is -0.430. The molecule has 1 aliphatic heterocycles. The summed E-state index contributed by atoms with van der Waals surface area (Å²) in [5, 5.41) is 0. The van der Waals surface area contributed by atoms with Gasteiger partial charge in [0.1, 0.15) is 6.10 Å². The number of unbranched alkanes of at least 4 members (excludes halogenated alkanes) is 1. The molecule has 1 N–H and O–H groups in total. The number of ether oxygens (including phenoxy) is 2. The number of sulfonamides is 2. The Labute approximate surface area is 114 Å². The minimum absolute atomic E-state index is 0.0196. The van der Waals surface area contributed by atoms with E-state index in [9.17, 15) is 30.0 Å². The molecule has 0 amide bonds. The molecule has 1 rings (SSSR count). The molecule has 0 aromatic rings. The lowest BCUT2D eigenvalue weighted by atomic mass is 10.3. The Morgan fingerprint density at radius 3 is 2.30 bits per heavy atom. The second-order valence-electron chi connectivity index (χ2n) is 4.09. The van der Waals surface area contributed by atoms with Crippen molar-refractivity contribution in [3.8, 4) is 0 Å². The summed E-state index contributed by atoms with van der Waals surface area (Å²) in [4.78, 5) is 0. The van der Waals surface area contributed by atoms with Gasteiger partial charge in [-0.25, -0.2) is 16.8 Å². The molecular weight excluding hydrogens is 327 g/mol. The summed E-state index contributed by atoms with van der Waals surface area (Å²) in [6.45, 7) is 1.22. The third-order valence-corrected chi connectivity index (χ3v) is 5.53. The Kier molecular flexibility index (Phi) is 5.78. The number of rotatable bonds is 9. The van der Waals surface area contributed by atoms with E-state index in [0.717, 1.165) is 0 Å². The van der Waals surface area contributed by atoms with Crippen molar-refractivity contribution < 1.29 is 39.5 Å². The molecular formula is C8H14F3NO6S2. The van der Waals surface area contributed by atoms with Crippen LogP contribution in [0.15, 0.2) is 0 Å². The molecule has 1 unspecified atom stereocenters. The Morgan fingerprint density at radius 1 is 1.20 bits per heavy atom. The lowest BCUT2D eigenvalue weighted by molar-refractivity contribution is -0.0441. The maximum absolute atomic E-state index is 12.0.